The fourth-order valence-electron chi connectivity index (χ4n) is 1.57. The first-order chi connectivity index (χ1) is 8.99. The third-order valence-electron chi connectivity index (χ3n) is 2.96. The number of hydrogen-bond acceptors (Lipinski definition) is 3. The quantitative estimate of drug-likeness (QED) is 0.777. The molecule has 1 aromatic rings. The van der Waals surface area contributed by atoms with Crippen LogP contribution < -0.4 is 4.74 Å². The molecule has 1 atom stereocenters. The van der Waals surface area contributed by atoms with E-state index in [1.807, 2.05) is 20.8 Å². The minimum Gasteiger partial charge on any atom is -0.490 e. The topological polar surface area (TPSA) is 43.4 Å². The zero-order valence-electron chi connectivity index (χ0n) is 11.5. The molecule has 0 N–H and O–H groups in total. The van der Waals surface area contributed by atoms with Gasteiger partial charge in [-0.15, -0.1) is 0 Å². The summed E-state index contributed by atoms with van der Waals surface area (Å²) in [4.78, 5) is 0. The zero-order chi connectivity index (χ0) is 15.6. The van der Waals surface area contributed by atoms with Crippen LogP contribution in [0.4, 0.5) is 8.78 Å². The molecule has 3 nitrogen and oxygen atoms in total. The Bertz CT molecular complexity index is 567. The molecule has 1 rings (SSSR count). The van der Waals surface area contributed by atoms with Crippen molar-refractivity contribution in [2.24, 2.45) is 11.3 Å². The predicted octanol–water partition coefficient (Wildman–Crippen LogP) is 3.57. The Kier molecular flexibility index (Phi) is 5.38. The van der Waals surface area contributed by atoms with Crippen molar-refractivity contribution in [3.63, 3.8) is 0 Å². The van der Waals surface area contributed by atoms with Gasteiger partial charge in [0.05, 0.1) is 12.4 Å². The van der Waals surface area contributed by atoms with Crippen molar-refractivity contribution in [1.82, 2.24) is 0 Å². The van der Waals surface area contributed by atoms with E-state index in [0.717, 1.165) is 18.2 Å². The lowest BCUT2D eigenvalue weighted by Crippen LogP contribution is -2.32. The van der Waals surface area contributed by atoms with Crippen LogP contribution in [-0.2, 0) is 9.05 Å². The van der Waals surface area contributed by atoms with Crippen molar-refractivity contribution >= 4 is 19.7 Å². The minimum atomic E-state index is -3.70. The monoisotopic (exact) mass is 326 g/mol. The maximum Gasteiger partial charge on any atom is 0.233 e. The van der Waals surface area contributed by atoms with E-state index in [1.54, 1.807) is 0 Å². The van der Waals surface area contributed by atoms with Gasteiger partial charge in [0.1, 0.15) is 5.82 Å². The number of halogens is 3. The average molecular weight is 327 g/mol. The molecule has 0 amide bonds. The SMILES string of the molecule is CC(C)(C)C(COc1cc(F)ccc1F)CS(=O)(=O)Cl. The van der Waals surface area contributed by atoms with E-state index in [2.05, 4.69) is 0 Å². The van der Waals surface area contributed by atoms with Gasteiger partial charge >= 0.3 is 0 Å². The van der Waals surface area contributed by atoms with Gasteiger partial charge < -0.3 is 4.74 Å². The molecule has 20 heavy (non-hydrogen) atoms. The van der Waals surface area contributed by atoms with Gasteiger partial charge in [0, 0.05) is 22.7 Å². The highest BCUT2D eigenvalue weighted by Gasteiger charge is 2.30. The lowest BCUT2D eigenvalue weighted by Gasteiger charge is -2.29. The van der Waals surface area contributed by atoms with Crippen LogP contribution in [0.3, 0.4) is 0 Å². The fourth-order valence-corrected chi connectivity index (χ4v) is 3.10. The van der Waals surface area contributed by atoms with E-state index >= 15 is 0 Å². The molecule has 0 radical (unpaired) electrons. The second kappa shape index (κ2) is 6.26. The van der Waals surface area contributed by atoms with Crippen molar-refractivity contribution in [2.45, 2.75) is 20.8 Å². The van der Waals surface area contributed by atoms with Crippen LogP contribution in [0.25, 0.3) is 0 Å². The van der Waals surface area contributed by atoms with Crippen LogP contribution in [0.5, 0.6) is 5.75 Å². The Hall–Kier alpha value is -0.880. The average Bonchev–Trinajstić information content (AvgIpc) is 2.25. The molecular formula is C13H17ClF2O3S. The van der Waals surface area contributed by atoms with E-state index < -0.39 is 32.0 Å². The van der Waals surface area contributed by atoms with Gasteiger partial charge in [0.2, 0.25) is 9.05 Å². The van der Waals surface area contributed by atoms with Gasteiger partial charge in [-0.25, -0.2) is 17.2 Å². The zero-order valence-corrected chi connectivity index (χ0v) is 13.1. The van der Waals surface area contributed by atoms with Crippen molar-refractivity contribution in [3.8, 4) is 5.75 Å². The van der Waals surface area contributed by atoms with Crippen LogP contribution in [-0.4, -0.2) is 20.8 Å². The summed E-state index contributed by atoms with van der Waals surface area (Å²) < 4.78 is 54.0. The minimum absolute atomic E-state index is 0.0736. The number of rotatable bonds is 5. The van der Waals surface area contributed by atoms with E-state index in [4.69, 9.17) is 15.4 Å². The van der Waals surface area contributed by atoms with Crippen LogP contribution in [0.15, 0.2) is 18.2 Å². The molecule has 0 heterocycles. The van der Waals surface area contributed by atoms with Gasteiger partial charge in [-0.1, -0.05) is 20.8 Å². The molecule has 114 valence electrons. The highest BCUT2D eigenvalue weighted by molar-refractivity contribution is 8.13. The normalized spacial score (nSPS) is 14.1. The molecule has 0 saturated heterocycles. The number of benzene rings is 1. The van der Waals surface area contributed by atoms with Crippen LogP contribution >= 0.6 is 10.7 Å². The molecule has 0 aliphatic heterocycles. The van der Waals surface area contributed by atoms with Crippen molar-refractivity contribution in [2.75, 3.05) is 12.4 Å². The van der Waals surface area contributed by atoms with Crippen molar-refractivity contribution < 1.29 is 21.9 Å². The Morgan fingerprint density at radius 3 is 2.40 bits per heavy atom. The lowest BCUT2D eigenvalue weighted by molar-refractivity contribution is 0.159. The van der Waals surface area contributed by atoms with Gasteiger partial charge in [-0.3, -0.25) is 0 Å². The van der Waals surface area contributed by atoms with Crippen LogP contribution in [0, 0.1) is 23.0 Å². The molecule has 0 saturated carbocycles. The summed E-state index contributed by atoms with van der Waals surface area (Å²) in [5.41, 5.74) is -0.411. The van der Waals surface area contributed by atoms with Crippen molar-refractivity contribution in [1.29, 1.82) is 0 Å². The molecular weight excluding hydrogens is 310 g/mol. The summed E-state index contributed by atoms with van der Waals surface area (Å²) in [6.45, 7) is 5.40. The van der Waals surface area contributed by atoms with Crippen LogP contribution in [0.2, 0.25) is 0 Å². The third kappa shape index (κ3) is 5.63. The second-order valence-corrected chi connectivity index (χ2v) is 8.48. The molecule has 0 fully saturated rings. The largest absolute Gasteiger partial charge is 0.490 e. The molecule has 0 spiro atoms. The fraction of sp³-hybridized carbons (Fsp3) is 0.538. The third-order valence-corrected chi connectivity index (χ3v) is 4.14. The Labute approximate surface area is 122 Å². The molecule has 0 bridgehead atoms. The molecule has 1 aromatic carbocycles. The first kappa shape index (κ1) is 17.2. The number of ether oxygens (including phenoxy) is 1. The summed E-state index contributed by atoms with van der Waals surface area (Å²) in [5, 5.41) is 0. The number of hydrogen-bond donors (Lipinski definition) is 0. The summed E-state index contributed by atoms with van der Waals surface area (Å²) >= 11 is 0. The Morgan fingerprint density at radius 1 is 1.30 bits per heavy atom. The molecule has 1 unspecified atom stereocenters. The van der Waals surface area contributed by atoms with Crippen LogP contribution in [0.1, 0.15) is 20.8 Å². The Balaban J connectivity index is 2.84. The lowest BCUT2D eigenvalue weighted by atomic mass is 9.82. The maximum atomic E-state index is 13.4. The van der Waals surface area contributed by atoms with E-state index in [9.17, 15) is 17.2 Å². The van der Waals surface area contributed by atoms with E-state index in [0.29, 0.717) is 0 Å². The standard InChI is InChI=1S/C13H17ClF2O3S/c1-13(2,3)9(8-20(14,17)18)7-19-12-6-10(15)4-5-11(12)16/h4-6,9H,7-8H2,1-3H3. The second-order valence-electron chi connectivity index (χ2n) is 5.65. The van der Waals surface area contributed by atoms with Gasteiger partial charge in [-0.05, 0) is 17.5 Å². The molecule has 0 aliphatic rings. The molecule has 0 aromatic heterocycles. The van der Waals surface area contributed by atoms with Gasteiger partial charge in [0.15, 0.2) is 11.6 Å². The Morgan fingerprint density at radius 2 is 1.90 bits per heavy atom. The first-order valence-electron chi connectivity index (χ1n) is 5.99. The predicted molar refractivity (Wildman–Crippen MR) is 74.4 cm³/mol. The summed E-state index contributed by atoms with van der Waals surface area (Å²) in [6, 6.07) is 2.85. The highest BCUT2D eigenvalue weighted by atomic mass is 35.7. The smallest absolute Gasteiger partial charge is 0.233 e. The molecule has 7 heteroatoms. The first-order valence-corrected chi connectivity index (χ1v) is 8.47. The maximum absolute atomic E-state index is 13.4. The highest BCUT2D eigenvalue weighted by Crippen LogP contribution is 2.29. The van der Waals surface area contributed by atoms with Crippen molar-refractivity contribution in [3.05, 3.63) is 29.8 Å². The summed E-state index contributed by atoms with van der Waals surface area (Å²) in [7, 11) is 1.55. The van der Waals surface area contributed by atoms with Gasteiger partial charge in [-0.2, -0.15) is 0 Å². The van der Waals surface area contributed by atoms with E-state index in [1.165, 1.54) is 0 Å². The van der Waals surface area contributed by atoms with E-state index in [-0.39, 0.29) is 18.1 Å². The van der Waals surface area contributed by atoms with Gasteiger partial charge in [0.25, 0.3) is 0 Å². The molecule has 0 aliphatic carbocycles. The summed E-state index contributed by atoms with van der Waals surface area (Å²) in [5.74, 6) is -2.32. The summed E-state index contributed by atoms with van der Waals surface area (Å²) in [6.07, 6.45) is 0.